The van der Waals surface area contributed by atoms with Crippen molar-refractivity contribution in [3.05, 3.63) is 29.3 Å². The number of ether oxygens (including phenoxy) is 1. The summed E-state index contributed by atoms with van der Waals surface area (Å²) < 4.78 is 5.66. The zero-order chi connectivity index (χ0) is 17.5. The molecule has 2 amide bonds. The Morgan fingerprint density at radius 1 is 1.36 bits per heavy atom. The van der Waals surface area contributed by atoms with Crippen molar-refractivity contribution in [3.8, 4) is 5.75 Å². The summed E-state index contributed by atoms with van der Waals surface area (Å²) in [6, 6.07) is 5.88. The van der Waals surface area contributed by atoms with Crippen molar-refractivity contribution < 1.29 is 14.3 Å². The Labute approximate surface area is 155 Å². The molecule has 0 bridgehead atoms. The molecule has 1 heterocycles. The molecule has 1 aliphatic heterocycles. The van der Waals surface area contributed by atoms with Crippen molar-refractivity contribution in [3.63, 3.8) is 0 Å². The number of nitrogens with two attached hydrogens (primary N) is 1. The minimum atomic E-state index is -0.157. The predicted molar refractivity (Wildman–Crippen MR) is 100 cm³/mol. The van der Waals surface area contributed by atoms with Crippen LogP contribution in [0.15, 0.2) is 18.2 Å². The molecule has 2 rings (SSSR count). The number of aryl methyl sites for hydroxylation is 2. The molecule has 0 radical (unpaired) electrons. The summed E-state index contributed by atoms with van der Waals surface area (Å²) in [5, 5.41) is 2.80. The number of likely N-dealkylation sites (tertiary alicyclic amines) is 1. The molecular formula is C18H28ClN3O3. The van der Waals surface area contributed by atoms with E-state index >= 15 is 0 Å². The Hall–Kier alpha value is -1.79. The Morgan fingerprint density at radius 3 is 2.80 bits per heavy atom. The number of piperidine rings is 1. The fraction of sp³-hybridized carbons (Fsp3) is 0.556. The SMILES string of the molecule is Cc1ccc(OCC(=O)N2CCCC(C(=O)NCCN)C2)c(C)c1.Cl. The first-order valence-corrected chi connectivity index (χ1v) is 8.47. The van der Waals surface area contributed by atoms with E-state index in [1.807, 2.05) is 32.0 Å². The van der Waals surface area contributed by atoms with Crippen LogP contribution in [0.4, 0.5) is 0 Å². The number of amides is 2. The van der Waals surface area contributed by atoms with Gasteiger partial charge in [0.1, 0.15) is 5.75 Å². The third kappa shape index (κ3) is 6.21. The van der Waals surface area contributed by atoms with Crippen molar-refractivity contribution in [1.82, 2.24) is 10.2 Å². The average Bonchev–Trinajstić information content (AvgIpc) is 2.58. The lowest BCUT2D eigenvalue weighted by molar-refractivity contribution is -0.137. The lowest BCUT2D eigenvalue weighted by Crippen LogP contribution is -2.47. The van der Waals surface area contributed by atoms with E-state index in [1.54, 1.807) is 4.90 Å². The molecule has 3 N–H and O–H groups in total. The van der Waals surface area contributed by atoms with Crippen molar-refractivity contribution in [2.24, 2.45) is 11.7 Å². The highest BCUT2D eigenvalue weighted by Crippen LogP contribution is 2.20. The maximum Gasteiger partial charge on any atom is 0.260 e. The van der Waals surface area contributed by atoms with E-state index in [-0.39, 0.29) is 36.7 Å². The fourth-order valence-electron chi connectivity index (χ4n) is 2.95. The quantitative estimate of drug-likeness (QED) is 0.794. The molecule has 1 aromatic carbocycles. The van der Waals surface area contributed by atoms with Crippen molar-refractivity contribution in [1.29, 1.82) is 0 Å². The van der Waals surface area contributed by atoms with E-state index in [0.29, 0.717) is 26.2 Å². The highest BCUT2D eigenvalue weighted by Gasteiger charge is 2.28. The van der Waals surface area contributed by atoms with Gasteiger partial charge in [-0.3, -0.25) is 9.59 Å². The van der Waals surface area contributed by atoms with E-state index in [2.05, 4.69) is 5.32 Å². The van der Waals surface area contributed by atoms with Crippen LogP contribution in [0, 0.1) is 19.8 Å². The molecule has 1 unspecified atom stereocenters. The number of halogens is 1. The van der Waals surface area contributed by atoms with Crippen LogP contribution in [-0.2, 0) is 9.59 Å². The van der Waals surface area contributed by atoms with Gasteiger partial charge in [0.2, 0.25) is 5.91 Å². The second-order valence-electron chi connectivity index (χ2n) is 6.32. The Bertz CT molecular complexity index is 595. The smallest absolute Gasteiger partial charge is 0.260 e. The van der Waals surface area contributed by atoms with Gasteiger partial charge in [0.25, 0.3) is 5.91 Å². The molecule has 1 saturated heterocycles. The standard InChI is InChI=1S/C18H27N3O3.ClH/c1-13-5-6-16(14(2)10-13)24-12-17(22)21-9-3-4-15(11-21)18(23)20-8-7-19;/h5-6,10,15H,3-4,7-9,11-12,19H2,1-2H3,(H,20,23);1H. The highest BCUT2D eigenvalue weighted by molar-refractivity contribution is 5.85. The summed E-state index contributed by atoms with van der Waals surface area (Å²) >= 11 is 0. The molecule has 1 aliphatic rings. The fourth-order valence-corrected chi connectivity index (χ4v) is 2.95. The summed E-state index contributed by atoms with van der Waals surface area (Å²) in [4.78, 5) is 26.1. The van der Waals surface area contributed by atoms with Crippen LogP contribution in [0.25, 0.3) is 0 Å². The molecule has 7 heteroatoms. The van der Waals surface area contributed by atoms with Gasteiger partial charge in [-0.1, -0.05) is 17.7 Å². The summed E-state index contributed by atoms with van der Waals surface area (Å²) in [6.07, 6.45) is 1.63. The summed E-state index contributed by atoms with van der Waals surface area (Å²) in [5.74, 6) is 0.470. The highest BCUT2D eigenvalue weighted by atomic mass is 35.5. The molecule has 0 aliphatic carbocycles. The van der Waals surface area contributed by atoms with Crippen LogP contribution in [0.2, 0.25) is 0 Å². The van der Waals surface area contributed by atoms with E-state index in [0.717, 1.165) is 29.7 Å². The molecule has 0 aromatic heterocycles. The van der Waals surface area contributed by atoms with Gasteiger partial charge in [-0.15, -0.1) is 12.4 Å². The molecular weight excluding hydrogens is 342 g/mol. The monoisotopic (exact) mass is 369 g/mol. The Balaban J connectivity index is 0.00000312. The lowest BCUT2D eigenvalue weighted by atomic mass is 9.97. The first-order valence-electron chi connectivity index (χ1n) is 8.47. The summed E-state index contributed by atoms with van der Waals surface area (Å²) in [5.41, 5.74) is 7.58. The van der Waals surface area contributed by atoms with Crippen LogP contribution in [-0.4, -0.2) is 49.5 Å². The topological polar surface area (TPSA) is 84.7 Å². The number of rotatable bonds is 6. The Kier molecular flexibility index (Phi) is 8.72. The maximum atomic E-state index is 12.4. The van der Waals surface area contributed by atoms with Crippen LogP contribution in [0.5, 0.6) is 5.75 Å². The van der Waals surface area contributed by atoms with Gasteiger partial charge in [-0.25, -0.2) is 0 Å². The predicted octanol–water partition coefficient (Wildman–Crippen LogP) is 1.42. The minimum Gasteiger partial charge on any atom is -0.484 e. The zero-order valence-corrected chi connectivity index (χ0v) is 15.7. The molecule has 0 spiro atoms. The first kappa shape index (κ1) is 21.3. The summed E-state index contributed by atoms with van der Waals surface area (Å²) in [6.45, 7) is 6.00. The van der Waals surface area contributed by atoms with Gasteiger partial charge in [-0.05, 0) is 38.3 Å². The largest absolute Gasteiger partial charge is 0.484 e. The Morgan fingerprint density at radius 2 is 2.12 bits per heavy atom. The van der Waals surface area contributed by atoms with Gasteiger partial charge in [-0.2, -0.15) is 0 Å². The lowest BCUT2D eigenvalue weighted by Gasteiger charge is -2.32. The van der Waals surface area contributed by atoms with Crippen LogP contribution < -0.4 is 15.8 Å². The number of carbonyl (C=O) groups is 2. The van der Waals surface area contributed by atoms with Gasteiger partial charge in [0.15, 0.2) is 6.61 Å². The molecule has 25 heavy (non-hydrogen) atoms. The van der Waals surface area contributed by atoms with Crippen molar-refractivity contribution in [2.45, 2.75) is 26.7 Å². The van der Waals surface area contributed by atoms with Gasteiger partial charge < -0.3 is 20.7 Å². The van der Waals surface area contributed by atoms with Crippen molar-refractivity contribution in [2.75, 3.05) is 32.8 Å². The molecule has 1 aromatic rings. The number of nitrogens with zero attached hydrogens (tertiary/aromatic N) is 1. The van der Waals surface area contributed by atoms with Gasteiger partial charge in [0.05, 0.1) is 5.92 Å². The van der Waals surface area contributed by atoms with E-state index in [4.69, 9.17) is 10.5 Å². The molecule has 140 valence electrons. The van der Waals surface area contributed by atoms with Crippen LogP contribution in [0.3, 0.4) is 0 Å². The van der Waals surface area contributed by atoms with Crippen LogP contribution >= 0.6 is 12.4 Å². The third-order valence-electron chi connectivity index (χ3n) is 4.27. The summed E-state index contributed by atoms with van der Waals surface area (Å²) in [7, 11) is 0. The number of nitrogens with one attached hydrogen (secondary N) is 1. The van der Waals surface area contributed by atoms with E-state index < -0.39 is 0 Å². The van der Waals surface area contributed by atoms with Gasteiger partial charge >= 0.3 is 0 Å². The van der Waals surface area contributed by atoms with Crippen LogP contribution in [0.1, 0.15) is 24.0 Å². The molecule has 0 saturated carbocycles. The first-order chi connectivity index (χ1) is 11.5. The average molecular weight is 370 g/mol. The number of hydrogen-bond donors (Lipinski definition) is 2. The molecule has 1 fully saturated rings. The second-order valence-corrected chi connectivity index (χ2v) is 6.32. The van der Waals surface area contributed by atoms with E-state index in [1.165, 1.54) is 0 Å². The number of benzene rings is 1. The zero-order valence-electron chi connectivity index (χ0n) is 14.9. The third-order valence-corrected chi connectivity index (χ3v) is 4.27. The molecule has 6 nitrogen and oxygen atoms in total. The normalized spacial score (nSPS) is 16.8. The maximum absolute atomic E-state index is 12.4. The van der Waals surface area contributed by atoms with E-state index in [9.17, 15) is 9.59 Å². The minimum absolute atomic E-state index is 0. The number of hydrogen-bond acceptors (Lipinski definition) is 4. The number of carbonyl (C=O) groups excluding carboxylic acids is 2. The molecule has 1 atom stereocenters. The van der Waals surface area contributed by atoms with Crippen molar-refractivity contribution >= 4 is 24.2 Å². The second kappa shape index (κ2) is 10.3. The van der Waals surface area contributed by atoms with Gasteiger partial charge in [0, 0.05) is 26.2 Å².